The van der Waals surface area contributed by atoms with E-state index in [-0.39, 0.29) is 17.3 Å². The minimum atomic E-state index is -0.198. The number of benzene rings is 1. The quantitative estimate of drug-likeness (QED) is 0.838. The van der Waals surface area contributed by atoms with E-state index in [0.717, 1.165) is 55.7 Å². The van der Waals surface area contributed by atoms with Gasteiger partial charge in [0.25, 0.3) is 0 Å². The minimum absolute atomic E-state index is 0.0902. The summed E-state index contributed by atoms with van der Waals surface area (Å²) in [5.74, 6) is 2.46. The summed E-state index contributed by atoms with van der Waals surface area (Å²) in [5.41, 5.74) is 1.02. The summed E-state index contributed by atoms with van der Waals surface area (Å²) in [4.78, 5) is 15.8. The summed E-state index contributed by atoms with van der Waals surface area (Å²) in [7, 11) is 0. The Hall–Kier alpha value is -1.42. The molecule has 27 heavy (non-hydrogen) atoms. The van der Waals surface area contributed by atoms with Crippen molar-refractivity contribution in [2.24, 2.45) is 23.2 Å². The first kappa shape index (κ1) is 17.7. The second kappa shape index (κ2) is 6.88. The molecule has 5 fully saturated rings. The summed E-state index contributed by atoms with van der Waals surface area (Å²) in [6.45, 7) is 2.77. The largest absolute Gasteiger partial charge is 0.354 e. The van der Waals surface area contributed by atoms with Gasteiger partial charge in [0.05, 0.1) is 6.04 Å². The smallest absolute Gasteiger partial charge is 0.226 e. The third-order valence-electron chi connectivity index (χ3n) is 7.81. The van der Waals surface area contributed by atoms with Crippen LogP contribution < -0.4 is 5.32 Å². The number of nitrogens with one attached hydrogen (secondary N) is 1. The van der Waals surface area contributed by atoms with Gasteiger partial charge in [0.1, 0.15) is 5.82 Å². The van der Waals surface area contributed by atoms with Gasteiger partial charge < -0.3 is 5.32 Å². The van der Waals surface area contributed by atoms with E-state index in [9.17, 15) is 9.18 Å². The molecular formula is C23H31FN2O. The van der Waals surface area contributed by atoms with Crippen molar-refractivity contribution in [1.29, 1.82) is 0 Å². The molecule has 1 aromatic rings. The number of hydrogen-bond donors (Lipinski definition) is 1. The van der Waals surface area contributed by atoms with Gasteiger partial charge in [-0.25, -0.2) is 4.39 Å². The van der Waals surface area contributed by atoms with Crippen molar-refractivity contribution in [3.63, 3.8) is 0 Å². The van der Waals surface area contributed by atoms with E-state index < -0.39 is 0 Å². The Morgan fingerprint density at radius 1 is 1.04 bits per heavy atom. The van der Waals surface area contributed by atoms with Crippen LogP contribution in [0.5, 0.6) is 0 Å². The molecule has 4 saturated carbocycles. The molecule has 146 valence electrons. The Morgan fingerprint density at radius 2 is 1.59 bits per heavy atom. The molecule has 4 heteroatoms. The molecule has 3 nitrogen and oxygen atoms in total. The number of halogens is 1. The fourth-order valence-electron chi connectivity index (χ4n) is 6.96. The minimum Gasteiger partial charge on any atom is -0.354 e. The molecule has 4 bridgehead atoms. The Balaban J connectivity index is 1.30. The van der Waals surface area contributed by atoms with Crippen LogP contribution in [0.15, 0.2) is 24.3 Å². The standard InChI is InChI=1S/C23H31FN2O/c24-20-5-3-19(4-6-20)21(26-7-1-2-8-26)15-25-22(27)23-12-16-9-17(13-23)11-18(10-16)14-23/h3-6,16-18,21H,1-2,7-15H2,(H,25,27). The van der Waals surface area contributed by atoms with Crippen molar-refractivity contribution < 1.29 is 9.18 Å². The molecule has 0 radical (unpaired) electrons. The first-order valence-corrected chi connectivity index (χ1v) is 10.9. The highest BCUT2D eigenvalue weighted by Gasteiger charge is 2.54. The van der Waals surface area contributed by atoms with Gasteiger partial charge >= 0.3 is 0 Å². The van der Waals surface area contributed by atoms with Crippen LogP contribution in [0.3, 0.4) is 0 Å². The van der Waals surface area contributed by atoms with E-state index in [4.69, 9.17) is 0 Å². The van der Waals surface area contributed by atoms with E-state index in [0.29, 0.717) is 12.5 Å². The van der Waals surface area contributed by atoms with E-state index in [1.807, 2.05) is 12.1 Å². The van der Waals surface area contributed by atoms with Gasteiger partial charge in [-0.2, -0.15) is 0 Å². The molecule has 1 saturated heterocycles. The number of carbonyl (C=O) groups excluding carboxylic acids is 1. The highest BCUT2D eigenvalue weighted by Crippen LogP contribution is 2.60. The first-order chi connectivity index (χ1) is 13.1. The topological polar surface area (TPSA) is 32.3 Å². The van der Waals surface area contributed by atoms with Crippen LogP contribution in [0.25, 0.3) is 0 Å². The van der Waals surface area contributed by atoms with E-state index in [2.05, 4.69) is 10.2 Å². The Kier molecular flexibility index (Phi) is 4.50. The lowest BCUT2D eigenvalue weighted by molar-refractivity contribution is -0.146. The van der Waals surface area contributed by atoms with Crippen LogP contribution in [0.2, 0.25) is 0 Å². The van der Waals surface area contributed by atoms with Crippen molar-refractivity contribution in [2.45, 2.75) is 57.4 Å². The Labute approximate surface area is 161 Å². The fraction of sp³-hybridized carbons (Fsp3) is 0.696. The number of carbonyl (C=O) groups is 1. The third-order valence-corrected chi connectivity index (χ3v) is 7.81. The molecule has 1 heterocycles. The summed E-state index contributed by atoms with van der Waals surface area (Å²) in [6, 6.07) is 7.01. The van der Waals surface area contributed by atoms with Crippen molar-refractivity contribution in [3.8, 4) is 0 Å². The van der Waals surface area contributed by atoms with Crippen LogP contribution in [0.4, 0.5) is 4.39 Å². The monoisotopic (exact) mass is 370 g/mol. The molecule has 4 aliphatic carbocycles. The predicted molar refractivity (Wildman–Crippen MR) is 104 cm³/mol. The molecule has 1 aromatic carbocycles. The van der Waals surface area contributed by atoms with Crippen LogP contribution in [-0.2, 0) is 4.79 Å². The normalized spacial score (nSPS) is 36.1. The average molecular weight is 371 g/mol. The first-order valence-electron chi connectivity index (χ1n) is 10.9. The maximum Gasteiger partial charge on any atom is 0.226 e. The van der Waals surface area contributed by atoms with Gasteiger partial charge in [-0.1, -0.05) is 12.1 Å². The summed E-state index contributed by atoms with van der Waals surface area (Å²) in [6.07, 6.45) is 9.82. The molecule has 0 aromatic heterocycles. The van der Waals surface area contributed by atoms with Gasteiger partial charge in [0, 0.05) is 12.0 Å². The van der Waals surface area contributed by atoms with E-state index >= 15 is 0 Å². The zero-order chi connectivity index (χ0) is 18.4. The SMILES string of the molecule is O=C(NCC(c1ccc(F)cc1)N1CCCC1)C12CC3CC(CC(C3)C1)C2. The summed E-state index contributed by atoms with van der Waals surface area (Å²) in [5, 5.41) is 3.36. The number of nitrogens with zero attached hydrogens (tertiary/aromatic N) is 1. The van der Waals surface area contributed by atoms with Crippen LogP contribution in [-0.4, -0.2) is 30.4 Å². The molecule has 1 amide bonds. The lowest BCUT2D eigenvalue weighted by Crippen LogP contribution is -2.54. The Morgan fingerprint density at radius 3 is 2.15 bits per heavy atom. The maximum atomic E-state index is 13.4. The average Bonchev–Trinajstić information content (AvgIpc) is 3.16. The van der Waals surface area contributed by atoms with Gasteiger partial charge in [-0.3, -0.25) is 9.69 Å². The van der Waals surface area contributed by atoms with Crippen LogP contribution >= 0.6 is 0 Å². The molecule has 0 spiro atoms. The second-order valence-corrected chi connectivity index (χ2v) is 9.72. The molecule has 1 N–H and O–H groups in total. The summed E-state index contributed by atoms with van der Waals surface area (Å²) >= 11 is 0. The number of hydrogen-bond acceptors (Lipinski definition) is 2. The zero-order valence-corrected chi connectivity index (χ0v) is 16.1. The molecular weight excluding hydrogens is 339 g/mol. The van der Waals surface area contributed by atoms with Crippen molar-refractivity contribution in [3.05, 3.63) is 35.6 Å². The van der Waals surface area contributed by atoms with Gasteiger partial charge in [0.2, 0.25) is 5.91 Å². The molecule has 1 aliphatic heterocycles. The van der Waals surface area contributed by atoms with Gasteiger partial charge in [0.15, 0.2) is 0 Å². The van der Waals surface area contributed by atoms with Crippen LogP contribution in [0, 0.1) is 29.0 Å². The number of amides is 1. The zero-order valence-electron chi connectivity index (χ0n) is 16.1. The molecule has 1 unspecified atom stereocenters. The van der Waals surface area contributed by atoms with Gasteiger partial charge in [-0.05, 0) is 99.9 Å². The highest BCUT2D eigenvalue weighted by atomic mass is 19.1. The molecule has 1 atom stereocenters. The molecule has 6 rings (SSSR count). The lowest BCUT2D eigenvalue weighted by atomic mass is 9.49. The van der Waals surface area contributed by atoms with Crippen LogP contribution in [0.1, 0.15) is 63.0 Å². The number of likely N-dealkylation sites (tertiary alicyclic amines) is 1. The van der Waals surface area contributed by atoms with Crippen molar-refractivity contribution >= 4 is 5.91 Å². The van der Waals surface area contributed by atoms with Crippen molar-refractivity contribution in [1.82, 2.24) is 10.2 Å². The fourth-order valence-corrected chi connectivity index (χ4v) is 6.96. The maximum absolute atomic E-state index is 13.4. The third kappa shape index (κ3) is 3.30. The lowest BCUT2D eigenvalue weighted by Gasteiger charge is -2.55. The number of rotatable bonds is 5. The second-order valence-electron chi connectivity index (χ2n) is 9.72. The Bertz CT molecular complexity index is 660. The predicted octanol–water partition coefficient (Wildman–Crippen LogP) is 4.30. The van der Waals surface area contributed by atoms with Gasteiger partial charge in [-0.15, -0.1) is 0 Å². The van der Waals surface area contributed by atoms with E-state index in [1.54, 1.807) is 12.1 Å². The highest BCUT2D eigenvalue weighted by molar-refractivity contribution is 5.83. The van der Waals surface area contributed by atoms with E-state index in [1.165, 1.54) is 32.1 Å². The summed E-state index contributed by atoms with van der Waals surface area (Å²) < 4.78 is 13.4. The van der Waals surface area contributed by atoms with Crippen molar-refractivity contribution in [2.75, 3.05) is 19.6 Å². The molecule has 5 aliphatic rings.